The van der Waals surface area contributed by atoms with Gasteiger partial charge in [-0.3, -0.25) is 0 Å². The Hall–Kier alpha value is -2.56. The van der Waals surface area contributed by atoms with Crippen molar-refractivity contribution in [2.24, 2.45) is 0 Å². The molecule has 1 aromatic heterocycles. The van der Waals surface area contributed by atoms with E-state index in [1.165, 1.54) is 22.2 Å². The maximum absolute atomic E-state index is 13.7. The fourth-order valence-corrected chi connectivity index (χ4v) is 4.78. The van der Waals surface area contributed by atoms with Crippen LogP contribution in [0.1, 0.15) is 23.5 Å². The molecule has 142 valence electrons. The van der Waals surface area contributed by atoms with Crippen LogP contribution in [0, 0.1) is 11.6 Å². The molecule has 0 aliphatic rings. The molecule has 0 spiro atoms. The molecule has 1 nitrogen and oxygen atoms in total. The van der Waals surface area contributed by atoms with Gasteiger partial charge in [0.05, 0.1) is 6.10 Å². The minimum atomic E-state index is -0.830. The molecule has 1 heterocycles. The van der Waals surface area contributed by atoms with Crippen LogP contribution < -0.4 is 0 Å². The first kappa shape index (κ1) is 18.8. The Morgan fingerprint density at radius 2 is 1.64 bits per heavy atom. The summed E-state index contributed by atoms with van der Waals surface area (Å²) in [5, 5.41) is 1.18. The average molecular weight is 394 g/mol. The van der Waals surface area contributed by atoms with Gasteiger partial charge in [0.2, 0.25) is 0 Å². The molecule has 0 fully saturated rings. The summed E-state index contributed by atoms with van der Waals surface area (Å²) in [6.07, 6.45) is 0.250. The molecule has 4 rings (SSSR count). The van der Waals surface area contributed by atoms with Gasteiger partial charge in [-0.1, -0.05) is 54.6 Å². The van der Waals surface area contributed by atoms with E-state index in [1.54, 1.807) is 17.4 Å². The number of hydrogen-bond acceptors (Lipinski definition) is 2. The minimum Gasteiger partial charge on any atom is -0.373 e. The van der Waals surface area contributed by atoms with Gasteiger partial charge in [-0.15, -0.1) is 11.3 Å². The van der Waals surface area contributed by atoms with Gasteiger partial charge in [-0.05, 0) is 36.2 Å². The van der Waals surface area contributed by atoms with Crippen molar-refractivity contribution in [3.05, 3.63) is 94.9 Å². The van der Waals surface area contributed by atoms with E-state index in [4.69, 9.17) is 4.74 Å². The van der Waals surface area contributed by atoms with Crippen molar-refractivity contribution in [3.8, 4) is 11.1 Å². The monoisotopic (exact) mass is 394 g/mol. The van der Waals surface area contributed by atoms with E-state index in [1.807, 2.05) is 37.3 Å². The van der Waals surface area contributed by atoms with Crippen LogP contribution >= 0.6 is 11.3 Å². The average Bonchev–Trinajstić information content (AvgIpc) is 3.10. The number of hydrogen-bond donors (Lipinski definition) is 0. The van der Waals surface area contributed by atoms with Crippen LogP contribution in [0.25, 0.3) is 21.2 Å². The van der Waals surface area contributed by atoms with E-state index in [9.17, 15) is 8.78 Å². The van der Waals surface area contributed by atoms with Crippen molar-refractivity contribution in [2.75, 3.05) is 6.61 Å². The lowest BCUT2D eigenvalue weighted by Gasteiger charge is -2.18. The highest BCUT2D eigenvalue weighted by Gasteiger charge is 2.23. The van der Waals surface area contributed by atoms with Crippen molar-refractivity contribution in [2.45, 2.75) is 19.4 Å². The summed E-state index contributed by atoms with van der Waals surface area (Å²) in [7, 11) is 0. The molecule has 4 aromatic rings. The molecule has 0 saturated carbocycles. The summed E-state index contributed by atoms with van der Waals surface area (Å²) in [4.78, 5) is 1.11. The molecule has 0 aliphatic carbocycles. The first-order valence-corrected chi connectivity index (χ1v) is 10.1. The van der Waals surface area contributed by atoms with Gasteiger partial charge in [-0.2, -0.15) is 0 Å². The second-order valence-electron chi connectivity index (χ2n) is 6.60. The van der Waals surface area contributed by atoms with Crippen molar-refractivity contribution < 1.29 is 13.5 Å². The predicted octanol–water partition coefficient (Wildman–Crippen LogP) is 7.17. The second kappa shape index (κ2) is 8.21. The van der Waals surface area contributed by atoms with E-state index in [-0.39, 0.29) is 6.10 Å². The first-order valence-electron chi connectivity index (χ1n) is 9.29. The minimum absolute atomic E-state index is 0.234. The van der Waals surface area contributed by atoms with Crippen LogP contribution in [0.15, 0.2) is 72.8 Å². The van der Waals surface area contributed by atoms with E-state index >= 15 is 0 Å². The van der Waals surface area contributed by atoms with Crippen LogP contribution in [0.2, 0.25) is 0 Å². The van der Waals surface area contributed by atoms with Gasteiger partial charge in [-0.25, -0.2) is 8.78 Å². The fraction of sp³-hybridized carbons (Fsp3) is 0.167. The summed E-state index contributed by atoms with van der Waals surface area (Å²) < 4.78 is 34.3. The van der Waals surface area contributed by atoms with E-state index in [2.05, 4.69) is 24.3 Å². The summed E-state index contributed by atoms with van der Waals surface area (Å²) in [5.41, 5.74) is 3.00. The first-order chi connectivity index (χ1) is 13.7. The largest absolute Gasteiger partial charge is 0.373 e. The summed E-state index contributed by atoms with van der Waals surface area (Å²) in [5.74, 6) is -1.66. The normalized spacial score (nSPS) is 12.4. The highest BCUT2D eigenvalue weighted by molar-refractivity contribution is 7.19. The summed E-state index contributed by atoms with van der Waals surface area (Å²) in [6.45, 7) is 2.49. The van der Waals surface area contributed by atoms with E-state index in [0.29, 0.717) is 18.6 Å². The standard InChI is InChI=1S/C24H20F2OS/c1-2-27-21(15-16-12-13-19(25)20(26)14-16)24-23(17-8-4-3-5-9-17)18-10-6-7-11-22(18)28-24/h3-14,21H,2,15H2,1H3. The molecule has 0 aliphatic heterocycles. The Bertz CT molecular complexity index is 1090. The molecule has 3 aromatic carbocycles. The summed E-state index contributed by atoms with van der Waals surface area (Å²) >= 11 is 1.70. The van der Waals surface area contributed by atoms with Gasteiger partial charge < -0.3 is 4.74 Å². The number of ether oxygens (including phenoxy) is 1. The SMILES string of the molecule is CCOC(Cc1ccc(F)c(F)c1)c1sc2ccccc2c1-c1ccccc1. The van der Waals surface area contributed by atoms with Gasteiger partial charge >= 0.3 is 0 Å². The molecule has 1 unspecified atom stereocenters. The molecule has 0 radical (unpaired) electrons. The Balaban J connectivity index is 1.83. The van der Waals surface area contributed by atoms with Crippen molar-refractivity contribution in [1.29, 1.82) is 0 Å². The Morgan fingerprint density at radius 1 is 0.893 bits per heavy atom. The van der Waals surface area contributed by atoms with Crippen molar-refractivity contribution in [1.82, 2.24) is 0 Å². The Morgan fingerprint density at radius 3 is 2.39 bits per heavy atom. The second-order valence-corrected chi connectivity index (χ2v) is 7.68. The summed E-state index contributed by atoms with van der Waals surface area (Å²) in [6, 6.07) is 22.6. The quantitative estimate of drug-likeness (QED) is 0.337. The van der Waals surface area contributed by atoms with E-state index < -0.39 is 11.6 Å². The zero-order valence-electron chi connectivity index (χ0n) is 15.5. The lowest BCUT2D eigenvalue weighted by molar-refractivity contribution is 0.0657. The lowest BCUT2D eigenvalue weighted by Crippen LogP contribution is -2.08. The molecular weight excluding hydrogens is 374 g/mol. The molecule has 4 heteroatoms. The predicted molar refractivity (Wildman–Crippen MR) is 112 cm³/mol. The number of rotatable bonds is 6. The highest BCUT2D eigenvalue weighted by atomic mass is 32.1. The number of halogens is 2. The third-order valence-electron chi connectivity index (χ3n) is 4.75. The third-order valence-corrected chi connectivity index (χ3v) is 6.01. The van der Waals surface area contributed by atoms with Crippen molar-refractivity contribution in [3.63, 3.8) is 0 Å². The van der Waals surface area contributed by atoms with Crippen molar-refractivity contribution >= 4 is 21.4 Å². The van der Waals surface area contributed by atoms with E-state index in [0.717, 1.165) is 16.0 Å². The molecule has 0 amide bonds. The molecule has 1 atom stereocenters. The van der Waals surface area contributed by atoms with Gasteiger partial charge in [0.25, 0.3) is 0 Å². The number of fused-ring (bicyclic) bond motifs is 1. The van der Waals surface area contributed by atoms with Gasteiger partial charge in [0, 0.05) is 33.6 Å². The van der Waals surface area contributed by atoms with Crippen LogP contribution in [-0.4, -0.2) is 6.61 Å². The van der Waals surface area contributed by atoms with Gasteiger partial charge in [0.15, 0.2) is 11.6 Å². The number of benzene rings is 3. The smallest absolute Gasteiger partial charge is 0.159 e. The maximum Gasteiger partial charge on any atom is 0.159 e. The Kier molecular flexibility index (Phi) is 5.51. The third kappa shape index (κ3) is 3.71. The van der Waals surface area contributed by atoms with Gasteiger partial charge in [0.1, 0.15) is 0 Å². The topological polar surface area (TPSA) is 9.23 Å². The van der Waals surface area contributed by atoms with Crippen LogP contribution in [0.5, 0.6) is 0 Å². The fourth-order valence-electron chi connectivity index (χ4n) is 3.50. The zero-order valence-corrected chi connectivity index (χ0v) is 16.3. The lowest BCUT2D eigenvalue weighted by atomic mass is 9.97. The van der Waals surface area contributed by atoms with Crippen LogP contribution in [0.3, 0.4) is 0 Å². The molecular formula is C24H20F2OS. The maximum atomic E-state index is 13.7. The van der Waals surface area contributed by atoms with Crippen LogP contribution in [0.4, 0.5) is 8.78 Å². The molecule has 0 saturated heterocycles. The van der Waals surface area contributed by atoms with Crippen LogP contribution in [-0.2, 0) is 11.2 Å². The number of thiophene rings is 1. The molecule has 0 bridgehead atoms. The zero-order chi connectivity index (χ0) is 19.5. The Labute approximate surface area is 167 Å². The molecule has 0 N–H and O–H groups in total. The molecule has 28 heavy (non-hydrogen) atoms. The highest BCUT2D eigenvalue weighted by Crippen LogP contribution is 2.43.